The molecule has 0 saturated carbocycles. The van der Waals surface area contributed by atoms with Crippen LogP contribution in [0.3, 0.4) is 0 Å². The summed E-state index contributed by atoms with van der Waals surface area (Å²) in [5.74, 6) is -1.21. The molecule has 2 rings (SSSR count). The SMILES string of the molecule is O=C(O)C(=NO)C1NCCc2ccccc21. The fourth-order valence-corrected chi connectivity index (χ4v) is 1.97. The topological polar surface area (TPSA) is 81.9 Å². The van der Waals surface area contributed by atoms with Gasteiger partial charge in [0.25, 0.3) is 0 Å². The Hall–Kier alpha value is -1.88. The fraction of sp³-hybridized carbons (Fsp3) is 0.273. The minimum Gasteiger partial charge on any atom is -0.477 e. The third-order valence-corrected chi connectivity index (χ3v) is 2.71. The van der Waals surface area contributed by atoms with E-state index in [0.717, 1.165) is 17.5 Å². The summed E-state index contributed by atoms with van der Waals surface area (Å²) in [6.07, 6.45) is 0.852. The molecule has 1 heterocycles. The maximum Gasteiger partial charge on any atom is 0.355 e. The van der Waals surface area contributed by atoms with E-state index in [1.54, 1.807) is 0 Å². The molecule has 0 radical (unpaired) electrons. The molecule has 5 nitrogen and oxygen atoms in total. The van der Waals surface area contributed by atoms with E-state index in [2.05, 4.69) is 10.5 Å². The van der Waals surface area contributed by atoms with Gasteiger partial charge in [0.2, 0.25) is 0 Å². The van der Waals surface area contributed by atoms with Crippen molar-refractivity contribution in [2.24, 2.45) is 5.16 Å². The van der Waals surface area contributed by atoms with E-state index in [0.29, 0.717) is 6.54 Å². The number of rotatable bonds is 2. The number of benzene rings is 1. The zero-order valence-electron chi connectivity index (χ0n) is 8.55. The largest absolute Gasteiger partial charge is 0.477 e. The summed E-state index contributed by atoms with van der Waals surface area (Å²) in [5, 5.41) is 23.6. The van der Waals surface area contributed by atoms with Gasteiger partial charge in [-0.05, 0) is 17.5 Å². The molecule has 0 spiro atoms. The van der Waals surface area contributed by atoms with E-state index in [9.17, 15) is 4.79 Å². The van der Waals surface area contributed by atoms with Crippen molar-refractivity contribution >= 4 is 11.7 Å². The molecule has 0 aliphatic carbocycles. The van der Waals surface area contributed by atoms with Crippen LogP contribution in [-0.2, 0) is 11.2 Å². The van der Waals surface area contributed by atoms with Crippen LogP contribution in [0.25, 0.3) is 0 Å². The summed E-state index contributed by atoms with van der Waals surface area (Å²) in [6.45, 7) is 0.675. The van der Waals surface area contributed by atoms with Crippen molar-refractivity contribution < 1.29 is 15.1 Å². The fourth-order valence-electron chi connectivity index (χ4n) is 1.97. The monoisotopic (exact) mass is 220 g/mol. The molecule has 0 bridgehead atoms. The Labute approximate surface area is 92.4 Å². The summed E-state index contributed by atoms with van der Waals surface area (Å²) >= 11 is 0. The van der Waals surface area contributed by atoms with Crippen LogP contribution in [0, 0.1) is 0 Å². The van der Waals surface area contributed by atoms with Crippen molar-refractivity contribution in [3.8, 4) is 0 Å². The lowest BCUT2D eigenvalue weighted by Gasteiger charge is -2.25. The number of nitrogens with one attached hydrogen (secondary N) is 1. The quantitative estimate of drug-likeness (QED) is 0.391. The lowest BCUT2D eigenvalue weighted by molar-refractivity contribution is -0.129. The van der Waals surface area contributed by atoms with E-state index in [4.69, 9.17) is 10.3 Å². The zero-order valence-corrected chi connectivity index (χ0v) is 8.55. The van der Waals surface area contributed by atoms with Crippen LogP contribution in [-0.4, -0.2) is 28.5 Å². The first kappa shape index (κ1) is 10.6. The number of hydrogen-bond donors (Lipinski definition) is 3. The Morgan fingerprint density at radius 1 is 1.44 bits per heavy atom. The molecule has 1 unspecified atom stereocenters. The molecule has 1 aromatic carbocycles. The van der Waals surface area contributed by atoms with Gasteiger partial charge in [0.1, 0.15) is 0 Å². The van der Waals surface area contributed by atoms with Crippen LogP contribution in [0.5, 0.6) is 0 Å². The molecular weight excluding hydrogens is 208 g/mol. The molecule has 0 saturated heterocycles. The number of carbonyl (C=O) groups is 1. The van der Waals surface area contributed by atoms with E-state index in [-0.39, 0.29) is 5.71 Å². The Morgan fingerprint density at radius 2 is 2.19 bits per heavy atom. The van der Waals surface area contributed by atoms with Gasteiger partial charge in [-0.25, -0.2) is 4.79 Å². The minimum absolute atomic E-state index is 0.271. The number of oxime groups is 1. The molecule has 1 aliphatic rings. The van der Waals surface area contributed by atoms with Gasteiger partial charge >= 0.3 is 5.97 Å². The summed E-state index contributed by atoms with van der Waals surface area (Å²) in [5.41, 5.74) is 1.68. The van der Waals surface area contributed by atoms with Gasteiger partial charge in [0.15, 0.2) is 5.71 Å². The second kappa shape index (κ2) is 4.32. The molecule has 3 N–H and O–H groups in total. The van der Waals surface area contributed by atoms with Gasteiger partial charge in [0, 0.05) is 6.54 Å². The van der Waals surface area contributed by atoms with Crippen molar-refractivity contribution in [3.63, 3.8) is 0 Å². The lowest BCUT2D eigenvalue weighted by atomic mass is 9.91. The molecular formula is C11H12N2O3. The van der Waals surface area contributed by atoms with Crippen LogP contribution >= 0.6 is 0 Å². The summed E-state index contributed by atoms with van der Waals surface area (Å²) < 4.78 is 0. The molecule has 0 fully saturated rings. The number of aliphatic carboxylic acids is 1. The standard InChI is InChI=1S/C11H12N2O3/c14-11(15)10(13-16)9-8-4-2-1-3-7(8)5-6-12-9/h1-4,9,12,16H,5-6H2,(H,14,15). The highest BCUT2D eigenvalue weighted by atomic mass is 16.4. The molecule has 1 aromatic rings. The summed E-state index contributed by atoms with van der Waals surface area (Å²) in [4.78, 5) is 10.9. The third-order valence-electron chi connectivity index (χ3n) is 2.71. The van der Waals surface area contributed by atoms with Crippen LogP contribution in [0.2, 0.25) is 0 Å². The number of nitrogens with zero attached hydrogens (tertiary/aromatic N) is 1. The predicted molar refractivity (Wildman–Crippen MR) is 57.7 cm³/mol. The second-order valence-corrected chi connectivity index (χ2v) is 3.63. The van der Waals surface area contributed by atoms with Crippen LogP contribution in [0.15, 0.2) is 29.4 Å². The molecule has 5 heteroatoms. The van der Waals surface area contributed by atoms with E-state index in [1.807, 2.05) is 24.3 Å². The van der Waals surface area contributed by atoms with Crippen molar-refractivity contribution in [1.29, 1.82) is 0 Å². The number of carboxylic acids is 1. The van der Waals surface area contributed by atoms with Crippen LogP contribution in [0.1, 0.15) is 17.2 Å². The third kappa shape index (κ3) is 1.77. The van der Waals surface area contributed by atoms with Crippen LogP contribution in [0.4, 0.5) is 0 Å². The highest BCUT2D eigenvalue weighted by Crippen LogP contribution is 2.23. The first-order valence-electron chi connectivity index (χ1n) is 5.00. The average molecular weight is 220 g/mol. The molecule has 84 valence electrons. The van der Waals surface area contributed by atoms with E-state index >= 15 is 0 Å². The first-order chi connectivity index (χ1) is 7.74. The number of fused-ring (bicyclic) bond motifs is 1. The van der Waals surface area contributed by atoms with Crippen molar-refractivity contribution in [2.75, 3.05) is 6.54 Å². The van der Waals surface area contributed by atoms with Gasteiger partial charge in [-0.1, -0.05) is 29.4 Å². The Balaban J connectivity index is 2.42. The summed E-state index contributed by atoms with van der Waals surface area (Å²) in [7, 11) is 0. The normalized spacial score (nSPS) is 20.2. The maximum atomic E-state index is 10.9. The highest BCUT2D eigenvalue weighted by molar-refractivity contribution is 6.37. The average Bonchev–Trinajstić information content (AvgIpc) is 2.30. The smallest absolute Gasteiger partial charge is 0.355 e. The van der Waals surface area contributed by atoms with Gasteiger partial charge in [0.05, 0.1) is 6.04 Å². The maximum absolute atomic E-state index is 10.9. The number of carboxylic acid groups (broad SMARTS) is 1. The highest BCUT2D eigenvalue weighted by Gasteiger charge is 2.28. The van der Waals surface area contributed by atoms with Crippen molar-refractivity contribution in [1.82, 2.24) is 5.32 Å². The Kier molecular flexibility index (Phi) is 2.87. The zero-order chi connectivity index (χ0) is 11.5. The molecule has 0 aromatic heterocycles. The van der Waals surface area contributed by atoms with Crippen molar-refractivity contribution in [2.45, 2.75) is 12.5 Å². The Bertz CT molecular complexity index is 443. The van der Waals surface area contributed by atoms with E-state index < -0.39 is 12.0 Å². The van der Waals surface area contributed by atoms with Crippen molar-refractivity contribution in [3.05, 3.63) is 35.4 Å². The predicted octanol–water partition coefficient (Wildman–Crippen LogP) is 0.788. The van der Waals surface area contributed by atoms with Gasteiger partial charge in [-0.3, -0.25) is 0 Å². The molecule has 0 amide bonds. The first-order valence-corrected chi connectivity index (χ1v) is 5.00. The van der Waals surface area contributed by atoms with Gasteiger partial charge in [-0.2, -0.15) is 0 Å². The minimum atomic E-state index is -1.21. The van der Waals surface area contributed by atoms with E-state index in [1.165, 1.54) is 0 Å². The van der Waals surface area contributed by atoms with Gasteiger partial charge < -0.3 is 15.6 Å². The lowest BCUT2D eigenvalue weighted by Crippen LogP contribution is -2.38. The molecule has 1 aliphatic heterocycles. The molecule has 16 heavy (non-hydrogen) atoms. The van der Waals surface area contributed by atoms with Crippen LogP contribution < -0.4 is 5.32 Å². The number of hydrogen-bond acceptors (Lipinski definition) is 4. The van der Waals surface area contributed by atoms with Gasteiger partial charge in [-0.15, -0.1) is 0 Å². The second-order valence-electron chi connectivity index (χ2n) is 3.63. The molecule has 1 atom stereocenters. The Morgan fingerprint density at radius 3 is 2.88 bits per heavy atom. The summed E-state index contributed by atoms with van der Waals surface area (Å²) in [6, 6.07) is 7.03.